The Labute approximate surface area is 211 Å². The molecule has 0 amide bonds. The predicted octanol–water partition coefficient (Wildman–Crippen LogP) is 3.27. The highest BCUT2D eigenvalue weighted by molar-refractivity contribution is 5.93. The fraction of sp³-hybridized carbons (Fsp3) is 0.115. The summed E-state index contributed by atoms with van der Waals surface area (Å²) in [5.74, 6) is 1.06. The van der Waals surface area contributed by atoms with Gasteiger partial charge in [0.15, 0.2) is 0 Å². The number of ether oxygens (including phenoxy) is 1. The molecule has 2 aromatic carbocycles. The molecule has 37 heavy (non-hydrogen) atoms. The van der Waals surface area contributed by atoms with E-state index < -0.39 is 6.04 Å². The molecule has 0 bridgehead atoms. The van der Waals surface area contributed by atoms with Gasteiger partial charge in [0.05, 0.1) is 54.0 Å². The number of fused-ring (bicyclic) bond motifs is 1. The quantitative estimate of drug-likeness (QED) is 0.361. The van der Waals surface area contributed by atoms with Crippen molar-refractivity contribution >= 4 is 22.7 Å². The number of para-hydroxylation sites is 1. The fourth-order valence-corrected chi connectivity index (χ4v) is 4.00. The molecule has 5 aromatic rings. The van der Waals surface area contributed by atoms with Crippen molar-refractivity contribution in [2.75, 3.05) is 18.2 Å². The number of nitriles is 1. The minimum Gasteiger partial charge on any atom is -0.480 e. The van der Waals surface area contributed by atoms with Crippen molar-refractivity contribution < 1.29 is 4.74 Å². The highest BCUT2D eigenvalue weighted by atomic mass is 16.5. The monoisotopic (exact) mass is 491 g/mol. The van der Waals surface area contributed by atoms with Crippen LogP contribution in [0.3, 0.4) is 0 Å². The molecule has 3 heterocycles. The Morgan fingerprint density at radius 2 is 1.84 bits per heavy atom. The summed E-state index contributed by atoms with van der Waals surface area (Å²) in [5.41, 5.74) is 7.90. The smallest absolute Gasteiger partial charge is 0.266 e. The lowest BCUT2D eigenvalue weighted by molar-refractivity contribution is 0.396. The Bertz CT molecular complexity index is 1690. The Hall–Kier alpha value is -5.37. The Balaban J connectivity index is 1.73. The fourth-order valence-electron chi connectivity index (χ4n) is 4.00. The van der Waals surface area contributed by atoms with E-state index in [1.807, 2.05) is 49.4 Å². The summed E-state index contributed by atoms with van der Waals surface area (Å²) in [7, 11) is 1.51. The number of nitrogens with one attached hydrogen (secondary N) is 1. The van der Waals surface area contributed by atoms with Crippen molar-refractivity contribution in [2.45, 2.75) is 13.0 Å². The second-order valence-electron chi connectivity index (χ2n) is 8.06. The number of benzene rings is 2. The summed E-state index contributed by atoms with van der Waals surface area (Å²) in [5, 5.41) is 13.0. The number of rotatable bonds is 6. The Morgan fingerprint density at radius 1 is 1.03 bits per heavy atom. The first kappa shape index (κ1) is 23.4. The van der Waals surface area contributed by atoms with Gasteiger partial charge in [0, 0.05) is 5.56 Å². The topological polar surface area (TPSA) is 158 Å². The maximum Gasteiger partial charge on any atom is 0.266 e. The summed E-state index contributed by atoms with van der Waals surface area (Å²) in [4.78, 5) is 35.7. The third kappa shape index (κ3) is 4.39. The van der Waals surface area contributed by atoms with Gasteiger partial charge >= 0.3 is 0 Å². The van der Waals surface area contributed by atoms with Gasteiger partial charge < -0.3 is 15.8 Å². The molecule has 0 fully saturated rings. The average molecular weight is 492 g/mol. The van der Waals surface area contributed by atoms with Crippen molar-refractivity contribution in [3.63, 3.8) is 0 Å². The standard InChI is InChI=1S/C26H21N9O2/c1-15(32-23-16(11-27)12-31-26(28)34-23)24-33-19-10-6-9-18(20-13-30-21(37-2)14-29-20)22(19)25(36)35(24)17-7-4-3-5-8-17/h3-10,12-15H,1-2H3,(H3,28,31,32,34)/t15-/m0/s1. The zero-order chi connectivity index (χ0) is 25.9. The largest absolute Gasteiger partial charge is 0.480 e. The first-order chi connectivity index (χ1) is 18.0. The van der Waals surface area contributed by atoms with Gasteiger partial charge in [0.1, 0.15) is 23.3 Å². The van der Waals surface area contributed by atoms with Crippen molar-refractivity contribution in [3.8, 4) is 28.9 Å². The summed E-state index contributed by atoms with van der Waals surface area (Å²) in [6, 6.07) is 16.1. The zero-order valence-corrected chi connectivity index (χ0v) is 20.0. The zero-order valence-electron chi connectivity index (χ0n) is 20.0. The van der Waals surface area contributed by atoms with Crippen LogP contribution >= 0.6 is 0 Å². The van der Waals surface area contributed by atoms with Crippen molar-refractivity contribution in [3.05, 3.63) is 88.9 Å². The van der Waals surface area contributed by atoms with Crippen molar-refractivity contribution in [1.82, 2.24) is 29.5 Å². The van der Waals surface area contributed by atoms with Gasteiger partial charge in [-0.2, -0.15) is 10.2 Å². The number of nitrogens with two attached hydrogens (primary N) is 1. The molecule has 3 N–H and O–H groups in total. The molecule has 182 valence electrons. The molecule has 5 rings (SSSR count). The van der Waals surface area contributed by atoms with E-state index in [-0.39, 0.29) is 22.9 Å². The molecular weight excluding hydrogens is 470 g/mol. The summed E-state index contributed by atoms with van der Waals surface area (Å²) in [6.07, 6.45) is 4.40. The van der Waals surface area contributed by atoms with Gasteiger partial charge in [-0.15, -0.1) is 0 Å². The lowest BCUT2D eigenvalue weighted by Gasteiger charge is -2.21. The van der Waals surface area contributed by atoms with Crippen LogP contribution in [0.2, 0.25) is 0 Å². The minimum absolute atomic E-state index is 0.0193. The van der Waals surface area contributed by atoms with Gasteiger partial charge in [-0.25, -0.2) is 19.9 Å². The van der Waals surface area contributed by atoms with Crippen LogP contribution in [-0.4, -0.2) is 36.6 Å². The van der Waals surface area contributed by atoms with Crippen LogP contribution in [-0.2, 0) is 0 Å². The number of nitrogen functional groups attached to an aromatic ring is 1. The van der Waals surface area contributed by atoms with E-state index in [0.29, 0.717) is 39.6 Å². The van der Waals surface area contributed by atoms with E-state index in [9.17, 15) is 10.1 Å². The van der Waals surface area contributed by atoms with Gasteiger partial charge in [-0.3, -0.25) is 9.36 Å². The lowest BCUT2D eigenvalue weighted by atomic mass is 10.1. The second-order valence-corrected chi connectivity index (χ2v) is 8.06. The van der Waals surface area contributed by atoms with Crippen LogP contribution in [0, 0.1) is 11.3 Å². The molecule has 3 aromatic heterocycles. The number of hydrogen-bond acceptors (Lipinski definition) is 10. The first-order valence-corrected chi connectivity index (χ1v) is 11.3. The van der Waals surface area contributed by atoms with Gasteiger partial charge in [0.25, 0.3) is 5.56 Å². The molecule has 1 atom stereocenters. The Kier molecular flexibility index (Phi) is 6.13. The van der Waals surface area contributed by atoms with Crippen LogP contribution in [0.5, 0.6) is 5.88 Å². The molecule has 11 heteroatoms. The summed E-state index contributed by atoms with van der Waals surface area (Å²) >= 11 is 0. The minimum atomic E-state index is -0.539. The normalized spacial score (nSPS) is 11.6. The van der Waals surface area contributed by atoms with Crippen LogP contribution in [0.4, 0.5) is 11.8 Å². The first-order valence-electron chi connectivity index (χ1n) is 11.3. The highest BCUT2D eigenvalue weighted by Crippen LogP contribution is 2.27. The van der Waals surface area contributed by atoms with Crippen LogP contribution in [0.15, 0.2) is 71.9 Å². The molecule has 0 aliphatic heterocycles. The van der Waals surface area contributed by atoms with Gasteiger partial charge in [-0.05, 0) is 25.1 Å². The van der Waals surface area contributed by atoms with Gasteiger partial charge in [-0.1, -0.05) is 30.3 Å². The third-order valence-corrected chi connectivity index (χ3v) is 5.72. The number of nitrogens with zero attached hydrogens (tertiary/aromatic N) is 7. The number of hydrogen-bond donors (Lipinski definition) is 2. The number of anilines is 2. The summed E-state index contributed by atoms with van der Waals surface area (Å²) in [6.45, 7) is 1.82. The molecule has 11 nitrogen and oxygen atoms in total. The molecule has 0 saturated carbocycles. The molecule has 0 radical (unpaired) electrons. The molecular formula is C26H21N9O2. The summed E-state index contributed by atoms with van der Waals surface area (Å²) < 4.78 is 6.65. The molecule has 0 unspecified atom stereocenters. The third-order valence-electron chi connectivity index (χ3n) is 5.72. The lowest BCUT2D eigenvalue weighted by Crippen LogP contribution is -2.28. The van der Waals surface area contributed by atoms with E-state index in [4.69, 9.17) is 15.5 Å². The van der Waals surface area contributed by atoms with Crippen LogP contribution < -0.4 is 21.3 Å². The van der Waals surface area contributed by atoms with E-state index in [1.54, 1.807) is 18.3 Å². The SMILES string of the molecule is COc1cnc(-c2cccc3nc([C@H](C)Nc4nc(N)ncc4C#N)n(-c4ccccc4)c(=O)c23)cn1. The van der Waals surface area contributed by atoms with E-state index >= 15 is 0 Å². The molecule has 0 spiro atoms. The van der Waals surface area contributed by atoms with E-state index in [0.717, 1.165) is 0 Å². The number of aromatic nitrogens is 6. The predicted molar refractivity (Wildman–Crippen MR) is 138 cm³/mol. The van der Waals surface area contributed by atoms with Crippen molar-refractivity contribution in [2.24, 2.45) is 0 Å². The molecule has 0 saturated heterocycles. The van der Waals surface area contributed by atoms with E-state index in [1.165, 1.54) is 24.1 Å². The van der Waals surface area contributed by atoms with E-state index in [2.05, 4.69) is 25.3 Å². The highest BCUT2D eigenvalue weighted by Gasteiger charge is 2.22. The van der Waals surface area contributed by atoms with Crippen LogP contribution in [0.25, 0.3) is 27.8 Å². The maximum atomic E-state index is 14.1. The average Bonchev–Trinajstić information content (AvgIpc) is 2.93. The van der Waals surface area contributed by atoms with Crippen LogP contribution in [0.1, 0.15) is 24.4 Å². The second kappa shape index (κ2) is 9.71. The maximum absolute atomic E-state index is 14.1. The van der Waals surface area contributed by atoms with Crippen molar-refractivity contribution in [1.29, 1.82) is 5.26 Å². The Morgan fingerprint density at radius 3 is 2.54 bits per heavy atom. The number of methoxy groups -OCH3 is 1. The molecule has 0 aliphatic carbocycles. The van der Waals surface area contributed by atoms with Gasteiger partial charge in [0.2, 0.25) is 11.8 Å². The molecule has 0 aliphatic rings.